The number of ether oxygens (including phenoxy) is 1. The van der Waals surface area contributed by atoms with Crippen LogP contribution in [0.25, 0.3) is 0 Å². The van der Waals surface area contributed by atoms with Crippen LogP contribution in [-0.4, -0.2) is 42.3 Å². The Hall–Kier alpha value is -2.41. The monoisotopic (exact) mass is 333 g/mol. The largest absolute Gasteiger partial charge is 0.486 e. The first-order valence-corrected chi connectivity index (χ1v) is 7.96. The lowest BCUT2D eigenvalue weighted by molar-refractivity contribution is -0.127. The molecule has 0 aliphatic carbocycles. The van der Waals surface area contributed by atoms with Gasteiger partial charge in [-0.3, -0.25) is 9.59 Å². The van der Waals surface area contributed by atoms with Gasteiger partial charge in [0, 0.05) is 19.5 Å². The Balaban J connectivity index is 2.01. The van der Waals surface area contributed by atoms with Gasteiger partial charge in [0.2, 0.25) is 5.91 Å². The van der Waals surface area contributed by atoms with Gasteiger partial charge in [0.15, 0.2) is 0 Å². The topological polar surface area (TPSA) is 71.5 Å². The lowest BCUT2D eigenvalue weighted by Gasteiger charge is -2.13. The van der Waals surface area contributed by atoms with Gasteiger partial charge < -0.3 is 15.0 Å². The number of hydrogen-bond acceptors (Lipinski definition) is 5. The van der Waals surface area contributed by atoms with Crippen LogP contribution in [0.5, 0.6) is 5.75 Å². The van der Waals surface area contributed by atoms with E-state index in [1.807, 2.05) is 12.3 Å². The number of carbonyl (C=O) groups excluding carboxylic acids is 2. The summed E-state index contributed by atoms with van der Waals surface area (Å²) >= 11 is 1.55. The summed E-state index contributed by atoms with van der Waals surface area (Å²) in [6.45, 7) is 2.17. The second-order valence-electron chi connectivity index (χ2n) is 5.11. The van der Waals surface area contributed by atoms with Crippen molar-refractivity contribution in [3.63, 3.8) is 0 Å². The number of benzene rings is 1. The molecule has 2 rings (SSSR count). The first-order valence-electron chi connectivity index (χ1n) is 7.08. The molecule has 1 N–H and O–H groups in total. The molecule has 122 valence electrons. The van der Waals surface area contributed by atoms with E-state index < -0.39 is 0 Å². The standard InChI is InChI=1S/C16H19N3O3S/c1-11-18-12(10-23-11)9-22-14-7-5-4-6-13(14)16(21)17-8-15(20)19(2)3/h4-7,10H,8-9H2,1-3H3,(H,17,21). The van der Waals surface area contributed by atoms with Gasteiger partial charge in [0.05, 0.1) is 22.8 Å². The van der Waals surface area contributed by atoms with Crippen molar-refractivity contribution in [1.29, 1.82) is 0 Å². The van der Waals surface area contributed by atoms with Gasteiger partial charge in [-0.2, -0.15) is 0 Å². The van der Waals surface area contributed by atoms with E-state index in [4.69, 9.17) is 4.74 Å². The molecule has 0 spiro atoms. The molecule has 0 unspecified atom stereocenters. The molecule has 0 aliphatic rings. The van der Waals surface area contributed by atoms with Crippen LogP contribution in [0.2, 0.25) is 0 Å². The third-order valence-corrected chi connectivity index (χ3v) is 3.90. The molecule has 0 saturated carbocycles. The number of carbonyl (C=O) groups is 2. The predicted octanol–water partition coefficient (Wildman–Crippen LogP) is 1.85. The summed E-state index contributed by atoms with van der Waals surface area (Å²) in [5.41, 5.74) is 1.22. The first-order chi connectivity index (χ1) is 11.0. The predicted molar refractivity (Wildman–Crippen MR) is 88.7 cm³/mol. The molecule has 1 heterocycles. The van der Waals surface area contributed by atoms with Crippen LogP contribution < -0.4 is 10.1 Å². The van der Waals surface area contributed by atoms with Gasteiger partial charge in [-0.05, 0) is 19.1 Å². The van der Waals surface area contributed by atoms with Crippen molar-refractivity contribution >= 4 is 23.2 Å². The van der Waals surface area contributed by atoms with Crippen LogP contribution in [0.3, 0.4) is 0 Å². The third kappa shape index (κ3) is 4.79. The average molecular weight is 333 g/mol. The molecule has 1 aromatic carbocycles. The van der Waals surface area contributed by atoms with Crippen LogP contribution in [0.4, 0.5) is 0 Å². The highest BCUT2D eigenvalue weighted by Crippen LogP contribution is 2.19. The van der Waals surface area contributed by atoms with E-state index in [1.165, 1.54) is 4.90 Å². The minimum Gasteiger partial charge on any atom is -0.486 e. The van der Waals surface area contributed by atoms with E-state index in [9.17, 15) is 9.59 Å². The lowest BCUT2D eigenvalue weighted by Crippen LogP contribution is -2.36. The normalized spacial score (nSPS) is 10.2. The fourth-order valence-electron chi connectivity index (χ4n) is 1.82. The molecule has 0 radical (unpaired) electrons. The van der Waals surface area contributed by atoms with Crippen molar-refractivity contribution in [1.82, 2.24) is 15.2 Å². The second kappa shape index (κ2) is 7.73. The van der Waals surface area contributed by atoms with Crippen LogP contribution in [0, 0.1) is 6.92 Å². The summed E-state index contributed by atoms with van der Waals surface area (Å²) in [7, 11) is 3.28. The fourth-order valence-corrected chi connectivity index (χ4v) is 2.41. The number of aryl methyl sites for hydroxylation is 1. The summed E-state index contributed by atoms with van der Waals surface area (Å²) < 4.78 is 5.70. The summed E-state index contributed by atoms with van der Waals surface area (Å²) in [5.74, 6) is -0.0482. The van der Waals surface area contributed by atoms with E-state index in [0.717, 1.165) is 10.7 Å². The molecule has 0 bridgehead atoms. The highest BCUT2D eigenvalue weighted by atomic mass is 32.1. The van der Waals surface area contributed by atoms with Gasteiger partial charge in [-0.25, -0.2) is 4.98 Å². The van der Waals surface area contributed by atoms with E-state index >= 15 is 0 Å². The molecule has 0 atom stereocenters. The first kappa shape index (κ1) is 17.0. The van der Waals surface area contributed by atoms with Crippen molar-refractivity contribution in [3.05, 3.63) is 45.9 Å². The molecule has 2 amide bonds. The molecular weight excluding hydrogens is 314 g/mol. The van der Waals surface area contributed by atoms with E-state index in [2.05, 4.69) is 10.3 Å². The molecule has 0 aliphatic heterocycles. The summed E-state index contributed by atoms with van der Waals surface area (Å²) in [6, 6.07) is 6.94. The molecule has 0 saturated heterocycles. The molecule has 7 heteroatoms. The number of amides is 2. The van der Waals surface area contributed by atoms with Crippen molar-refractivity contribution < 1.29 is 14.3 Å². The van der Waals surface area contributed by atoms with E-state index in [1.54, 1.807) is 49.7 Å². The van der Waals surface area contributed by atoms with Crippen molar-refractivity contribution in [2.45, 2.75) is 13.5 Å². The van der Waals surface area contributed by atoms with E-state index in [0.29, 0.717) is 17.9 Å². The number of hydrogen-bond donors (Lipinski definition) is 1. The highest BCUT2D eigenvalue weighted by molar-refractivity contribution is 7.09. The average Bonchev–Trinajstić information content (AvgIpc) is 2.96. The van der Waals surface area contributed by atoms with Crippen molar-refractivity contribution in [3.8, 4) is 5.75 Å². The zero-order valence-corrected chi connectivity index (χ0v) is 14.1. The fraction of sp³-hybridized carbons (Fsp3) is 0.312. The highest BCUT2D eigenvalue weighted by Gasteiger charge is 2.14. The maximum Gasteiger partial charge on any atom is 0.255 e. The summed E-state index contributed by atoms with van der Waals surface area (Å²) in [6.07, 6.45) is 0. The Morgan fingerprint density at radius 1 is 1.30 bits per heavy atom. The van der Waals surface area contributed by atoms with Gasteiger partial charge in [0.25, 0.3) is 5.91 Å². The second-order valence-corrected chi connectivity index (χ2v) is 6.18. The lowest BCUT2D eigenvalue weighted by atomic mass is 10.2. The quantitative estimate of drug-likeness (QED) is 0.876. The minimum atomic E-state index is -0.342. The molecule has 23 heavy (non-hydrogen) atoms. The van der Waals surface area contributed by atoms with Crippen LogP contribution in [-0.2, 0) is 11.4 Å². The van der Waals surface area contributed by atoms with Crippen LogP contribution in [0.1, 0.15) is 21.1 Å². The van der Waals surface area contributed by atoms with Gasteiger partial charge in [-0.1, -0.05) is 12.1 Å². The molecular formula is C16H19N3O3S. The Bertz CT molecular complexity index is 697. The zero-order valence-electron chi connectivity index (χ0n) is 13.3. The smallest absolute Gasteiger partial charge is 0.255 e. The number of rotatable bonds is 6. The van der Waals surface area contributed by atoms with Gasteiger partial charge in [0.1, 0.15) is 12.4 Å². The molecule has 6 nitrogen and oxygen atoms in total. The third-order valence-electron chi connectivity index (χ3n) is 3.07. The molecule has 1 aromatic heterocycles. The van der Waals surface area contributed by atoms with Gasteiger partial charge in [-0.15, -0.1) is 11.3 Å². The number of aromatic nitrogens is 1. The maximum atomic E-state index is 12.2. The van der Waals surface area contributed by atoms with Crippen molar-refractivity contribution in [2.75, 3.05) is 20.6 Å². The minimum absolute atomic E-state index is 0.0502. The Morgan fingerprint density at radius 2 is 2.04 bits per heavy atom. The summed E-state index contributed by atoms with van der Waals surface area (Å²) in [5, 5.41) is 5.49. The number of nitrogens with one attached hydrogen (secondary N) is 1. The summed E-state index contributed by atoms with van der Waals surface area (Å²) in [4.78, 5) is 29.5. The number of nitrogens with zero attached hydrogens (tertiary/aromatic N) is 2. The van der Waals surface area contributed by atoms with Crippen molar-refractivity contribution in [2.24, 2.45) is 0 Å². The zero-order chi connectivity index (χ0) is 16.8. The Morgan fingerprint density at radius 3 is 2.70 bits per heavy atom. The molecule has 2 aromatic rings. The maximum absolute atomic E-state index is 12.2. The Labute approximate surface area is 139 Å². The number of para-hydroxylation sites is 1. The molecule has 0 fully saturated rings. The van der Waals surface area contributed by atoms with Crippen LogP contribution in [0.15, 0.2) is 29.6 Å². The number of thiazole rings is 1. The number of likely N-dealkylation sites (N-methyl/N-ethyl adjacent to an activating group) is 1. The SMILES string of the molecule is Cc1nc(COc2ccccc2C(=O)NCC(=O)N(C)C)cs1. The van der Waals surface area contributed by atoms with Gasteiger partial charge >= 0.3 is 0 Å². The van der Waals surface area contributed by atoms with E-state index in [-0.39, 0.29) is 18.4 Å². The van der Waals surface area contributed by atoms with Crippen LogP contribution >= 0.6 is 11.3 Å². The Kier molecular flexibility index (Phi) is 5.70.